The van der Waals surface area contributed by atoms with E-state index in [-0.39, 0.29) is 0 Å². The van der Waals surface area contributed by atoms with Crippen molar-refractivity contribution in [3.63, 3.8) is 0 Å². The van der Waals surface area contributed by atoms with E-state index in [4.69, 9.17) is 4.42 Å². The van der Waals surface area contributed by atoms with E-state index in [1.165, 1.54) is 76.2 Å². The Kier molecular flexibility index (Phi) is 6.89. The van der Waals surface area contributed by atoms with Crippen LogP contribution < -0.4 is 0 Å². The summed E-state index contributed by atoms with van der Waals surface area (Å²) >= 11 is 0. The molecule has 0 N–H and O–H groups in total. The average Bonchev–Trinajstić information content (AvgIpc) is 4.17. The molecule has 5 nitrogen and oxygen atoms in total. The van der Waals surface area contributed by atoms with Crippen LogP contribution in [0.2, 0.25) is 0 Å². The summed E-state index contributed by atoms with van der Waals surface area (Å²) < 4.78 is 16.6. The molecular formula is C60H36N4O. The lowest BCUT2D eigenvalue weighted by Gasteiger charge is -2.14. The topological polar surface area (TPSA) is 32.9 Å². The van der Waals surface area contributed by atoms with Gasteiger partial charge in [-0.15, -0.1) is 0 Å². The second kappa shape index (κ2) is 12.9. The summed E-state index contributed by atoms with van der Waals surface area (Å²) in [5.74, 6) is 0. The van der Waals surface area contributed by atoms with Crippen LogP contribution in [0.5, 0.6) is 0 Å². The van der Waals surface area contributed by atoms with Crippen molar-refractivity contribution in [2.24, 2.45) is 0 Å². The van der Waals surface area contributed by atoms with E-state index >= 15 is 0 Å². The first-order valence-corrected chi connectivity index (χ1v) is 22.3. The van der Waals surface area contributed by atoms with Crippen LogP contribution in [0.25, 0.3) is 132 Å². The van der Waals surface area contributed by atoms with Crippen molar-refractivity contribution in [1.29, 1.82) is 0 Å². The third-order valence-electron chi connectivity index (χ3n) is 14.0. The molecule has 10 aromatic carbocycles. The van der Waals surface area contributed by atoms with E-state index in [1.54, 1.807) is 0 Å². The lowest BCUT2D eigenvalue weighted by Crippen LogP contribution is -1.99. The monoisotopic (exact) mass is 828 g/mol. The average molecular weight is 829 g/mol. The zero-order valence-corrected chi connectivity index (χ0v) is 35.0. The zero-order chi connectivity index (χ0) is 42.3. The van der Waals surface area contributed by atoms with Crippen molar-refractivity contribution in [2.45, 2.75) is 0 Å². The van der Waals surface area contributed by atoms with E-state index in [2.05, 4.69) is 237 Å². The van der Waals surface area contributed by atoms with Crippen LogP contribution in [0.1, 0.15) is 0 Å². The number of aromatic nitrogens is 4. The van der Waals surface area contributed by atoms with Crippen molar-refractivity contribution in [1.82, 2.24) is 18.3 Å². The van der Waals surface area contributed by atoms with Crippen molar-refractivity contribution in [3.05, 3.63) is 218 Å². The molecular weight excluding hydrogens is 793 g/mol. The molecule has 5 aromatic heterocycles. The first-order chi connectivity index (χ1) is 32.3. The Bertz CT molecular complexity index is 4380. The summed E-state index contributed by atoms with van der Waals surface area (Å²) in [6.07, 6.45) is 0. The maximum absolute atomic E-state index is 6.99. The Labute approximate surface area is 371 Å². The van der Waals surface area contributed by atoms with Gasteiger partial charge in [0.15, 0.2) is 5.58 Å². The molecule has 0 saturated heterocycles. The molecule has 0 aliphatic heterocycles. The van der Waals surface area contributed by atoms with Gasteiger partial charge < -0.3 is 22.7 Å². The minimum atomic E-state index is 0.860. The van der Waals surface area contributed by atoms with E-state index in [1.807, 2.05) is 0 Å². The molecule has 0 bridgehead atoms. The van der Waals surface area contributed by atoms with E-state index < -0.39 is 0 Å². The highest BCUT2D eigenvalue weighted by Gasteiger charge is 2.24. The Morgan fingerprint density at radius 1 is 0.246 bits per heavy atom. The number of hydrogen-bond donors (Lipinski definition) is 0. The minimum absolute atomic E-state index is 0.860. The van der Waals surface area contributed by atoms with Crippen LogP contribution in [-0.2, 0) is 0 Å². The van der Waals surface area contributed by atoms with Crippen molar-refractivity contribution in [2.75, 3.05) is 0 Å². The Morgan fingerprint density at radius 3 is 1.03 bits per heavy atom. The minimum Gasteiger partial charge on any atom is -0.454 e. The molecule has 65 heavy (non-hydrogen) atoms. The van der Waals surface area contributed by atoms with Gasteiger partial charge in [0.2, 0.25) is 0 Å². The molecule has 0 spiro atoms. The Hall–Kier alpha value is -8.80. The van der Waals surface area contributed by atoms with Gasteiger partial charge in [-0.25, -0.2) is 0 Å². The van der Waals surface area contributed by atoms with E-state index in [9.17, 15) is 0 Å². The van der Waals surface area contributed by atoms with Crippen LogP contribution >= 0.6 is 0 Å². The molecule has 0 aliphatic carbocycles. The van der Waals surface area contributed by atoms with Gasteiger partial charge in [0.1, 0.15) is 5.58 Å². The second-order valence-electron chi connectivity index (χ2n) is 17.3. The first-order valence-electron chi connectivity index (χ1n) is 22.3. The molecule has 0 fully saturated rings. The number of hydrogen-bond acceptors (Lipinski definition) is 1. The van der Waals surface area contributed by atoms with Crippen molar-refractivity contribution < 1.29 is 4.42 Å². The smallest absolute Gasteiger partial charge is 0.161 e. The summed E-state index contributed by atoms with van der Waals surface area (Å²) in [5.41, 5.74) is 15.5. The lowest BCUT2D eigenvalue weighted by atomic mass is 10.1. The Morgan fingerprint density at radius 2 is 0.569 bits per heavy atom. The van der Waals surface area contributed by atoms with Crippen molar-refractivity contribution in [3.8, 4) is 22.7 Å². The number of rotatable bonds is 4. The highest BCUT2D eigenvalue weighted by molar-refractivity contribution is 6.18. The normalized spacial score (nSPS) is 12.3. The van der Waals surface area contributed by atoms with E-state index in [0.29, 0.717) is 0 Å². The predicted octanol–water partition coefficient (Wildman–Crippen LogP) is 16.0. The molecule has 15 aromatic rings. The van der Waals surface area contributed by atoms with Gasteiger partial charge in [-0.1, -0.05) is 127 Å². The molecule has 0 unspecified atom stereocenters. The van der Waals surface area contributed by atoms with Gasteiger partial charge in [-0.3, -0.25) is 0 Å². The van der Waals surface area contributed by atoms with Crippen LogP contribution in [0.4, 0.5) is 0 Å². The second-order valence-corrected chi connectivity index (χ2v) is 17.3. The zero-order valence-electron chi connectivity index (χ0n) is 35.0. The SMILES string of the molecule is c1ccc2c(c1)oc1c(-n3c4ccccc4c4cc(-n5c6ccccc6c6cc(-n7c8ccccc8c8ccccc87)ccc65)ccc43)ccc(-n3c4ccccc4c4ccccc43)c12. The van der Waals surface area contributed by atoms with Gasteiger partial charge in [0.25, 0.3) is 0 Å². The third-order valence-corrected chi connectivity index (χ3v) is 14.0. The molecule has 302 valence electrons. The van der Waals surface area contributed by atoms with Crippen LogP contribution in [0.15, 0.2) is 223 Å². The largest absolute Gasteiger partial charge is 0.454 e. The van der Waals surface area contributed by atoms with Gasteiger partial charge in [-0.2, -0.15) is 0 Å². The highest BCUT2D eigenvalue weighted by atomic mass is 16.3. The number of nitrogens with zero attached hydrogens (tertiary/aromatic N) is 4. The van der Waals surface area contributed by atoms with Crippen LogP contribution in [0.3, 0.4) is 0 Å². The molecule has 0 aliphatic rings. The molecule has 5 heterocycles. The highest BCUT2D eigenvalue weighted by Crippen LogP contribution is 2.44. The maximum atomic E-state index is 6.99. The summed E-state index contributed by atoms with van der Waals surface area (Å²) in [6.45, 7) is 0. The number of fused-ring (bicyclic) bond motifs is 15. The summed E-state index contributed by atoms with van der Waals surface area (Å²) in [4.78, 5) is 0. The third kappa shape index (κ3) is 4.65. The fourth-order valence-corrected chi connectivity index (χ4v) is 11.3. The molecule has 5 heteroatoms. The quantitative estimate of drug-likeness (QED) is 0.174. The van der Waals surface area contributed by atoms with Gasteiger partial charge in [0.05, 0.1) is 60.9 Å². The summed E-state index contributed by atoms with van der Waals surface area (Å²) in [6, 6.07) is 79.4. The van der Waals surface area contributed by atoms with Crippen LogP contribution in [-0.4, -0.2) is 18.3 Å². The standard InChI is InChI=1S/C60H36N4O/c1-8-22-48-39(15-1)40-16-2-9-23-49(40)61(48)37-29-31-54-46(35-37)43-19-5-10-24-50(43)62(54)38-30-32-55-47(36-38)44-20-6-13-27-53(44)64(55)57-34-33-56(59-45-21-7-14-28-58(45)65-60(57)59)63-51-25-11-3-17-41(51)42-18-4-12-26-52(42)63/h1-36H. The predicted molar refractivity (Wildman–Crippen MR) is 271 cm³/mol. The van der Waals surface area contributed by atoms with Gasteiger partial charge >= 0.3 is 0 Å². The lowest BCUT2D eigenvalue weighted by molar-refractivity contribution is 0.666. The molecule has 0 atom stereocenters. The van der Waals surface area contributed by atoms with E-state index in [0.717, 1.165) is 55.7 Å². The molecule has 0 radical (unpaired) electrons. The summed E-state index contributed by atoms with van der Waals surface area (Å²) in [7, 11) is 0. The fraction of sp³-hybridized carbons (Fsp3) is 0. The number of para-hydroxylation sites is 7. The van der Waals surface area contributed by atoms with Gasteiger partial charge in [0, 0.05) is 59.9 Å². The van der Waals surface area contributed by atoms with Crippen LogP contribution in [0, 0.1) is 0 Å². The molecule has 0 saturated carbocycles. The van der Waals surface area contributed by atoms with Crippen molar-refractivity contribution >= 4 is 109 Å². The maximum Gasteiger partial charge on any atom is 0.161 e. The fourth-order valence-electron chi connectivity index (χ4n) is 11.3. The Balaban J connectivity index is 0.960. The molecule has 15 rings (SSSR count). The summed E-state index contributed by atoms with van der Waals surface area (Å²) in [5, 5.41) is 12.0. The first kappa shape index (κ1) is 34.7. The number of furan rings is 1. The van der Waals surface area contributed by atoms with Gasteiger partial charge in [-0.05, 0) is 91.0 Å². The molecule has 0 amide bonds. The number of benzene rings is 10.